The zero-order chi connectivity index (χ0) is 18.3. The lowest BCUT2D eigenvalue weighted by molar-refractivity contribution is 0.714. The molecule has 1 aliphatic heterocycles. The molecule has 4 N–H and O–H groups in total. The monoisotopic (exact) mass is 405 g/mol. The van der Waals surface area contributed by atoms with E-state index in [-0.39, 0.29) is 12.0 Å². The zero-order valence-corrected chi connectivity index (χ0v) is 16.2. The third kappa shape index (κ3) is 3.33. The number of nitrogens with two attached hydrogens (primary N) is 1. The lowest BCUT2D eigenvalue weighted by Crippen LogP contribution is -2.27. The van der Waals surface area contributed by atoms with Gasteiger partial charge >= 0.3 is 0 Å². The number of rotatable bonds is 4. The highest BCUT2D eigenvalue weighted by molar-refractivity contribution is 6.42. The Kier molecular flexibility index (Phi) is 4.89. The van der Waals surface area contributed by atoms with E-state index in [1.807, 2.05) is 30.3 Å². The Morgan fingerprint density at radius 1 is 1.04 bits per heavy atom. The summed E-state index contributed by atoms with van der Waals surface area (Å²) < 4.78 is 0. The van der Waals surface area contributed by atoms with Gasteiger partial charge < -0.3 is 16.4 Å². The van der Waals surface area contributed by atoms with Gasteiger partial charge in [-0.2, -0.15) is 0 Å². The molecule has 0 saturated heterocycles. The van der Waals surface area contributed by atoms with Crippen LogP contribution in [0.2, 0.25) is 15.1 Å². The molecule has 2 aliphatic rings. The van der Waals surface area contributed by atoms with Crippen LogP contribution >= 0.6 is 34.8 Å². The van der Waals surface area contributed by atoms with Crippen molar-refractivity contribution in [3.05, 3.63) is 80.5 Å². The molecule has 1 heterocycles. The van der Waals surface area contributed by atoms with Crippen molar-refractivity contribution in [3.8, 4) is 0 Å². The number of fused-ring (bicyclic) bond motifs is 3. The standard InChI is InChI=1S/C20H18Cl3N3/c21-12-1-4-19-15(8-12)16-9-14(7-11(5-6-24)20(16)26-19)25-13-2-3-17(22)18(23)10-13/h1-4,7-10,16,20,25-26H,5-6,24H2. The normalized spacial score (nSPS) is 20.6. The molecular weight excluding hydrogens is 389 g/mol. The quantitative estimate of drug-likeness (QED) is 0.600. The van der Waals surface area contributed by atoms with Crippen LogP contribution in [0.4, 0.5) is 11.4 Å². The second-order valence-corrected chi connectivity index (χ2v) is 7.76. The van der Waals surface area contributed by atoms with Crippen LogP contribution in [0.15, 0.2) is 59.8 Å². The van der Waals surface area contributed by atoms with E-state index >= 15 is 0 Å². The largest absolute Gasteiger partial charge is 0.377 e. The van der Waals surface area contributed by atoms with E-state index in [0.717, 1.165) is 28.5 Å². The number of allylic oxidation sites excluding steroid dienone is 1. The summed E-state index contributed by atoms with van der Waals surface area (Å²) in [6.45, 7) is 0.605. The SMILES string of the molecule is NCCC1=CC(Nc2ccc(Cl)c(Cl)c2)=CC2c3cc(Cl)ccc3NC12. The van der Waals surface area contributed by atoms with E-state index in [0.29, 0.717) is 16.6 Å². The van der Waals surface area contributed by atoms with Crippen LogP contribution in [-0.4, -0.2) is 12.6 Å². The van der Waals surface area contributed by atoms with Gasteiger partial charge in [0, 0.05) is 28.0 Å². The van der Waals surface area contributed by atoms with Crippen molar-refractivity contribution in [2.24, 2.45) is 5.73 Å². The number of nitrogens with one attached hydrogen (secondary N) is 2. The van der Waals surface area contributed by atoms with Crippen molar-refractivity contribution in [1.82, 2.24) is 0 Å². The smallest absolute Gasteiger partial charge is 0.0612 e. The van der Waals surface area contributed by atoms with E-state index in [2.05, 4.69) is 22.8 Å². The minimum absolute atomic E-state index is 0.209. The van der Waals surface area contributed by atoms with Gasteiger partial charge in [-0.25, -0.2) is 0 Å². The van der Waals surface area contributed by atoms with E-state index in [1.165, 1.54) is 11.1 Å². The molecule has 1 aliphatic carbocycles. The van der Waals surface area contributed by atoms with Gasteiger partial charge in [0.2, 0.25) is 0 Å². The first-order valence-electron chi connectivity index (χ1n) is 8.45. The molecule has 134 valence electrons. The predicted octanol–water partition coefficient (Wildman–Crippen LogP) is 5.81. The molecule has 0 spiro atoms. The summed E-state index contributed by atoms with van der Waals surface area (Å²) in [6, 6.07) is 11.7. The molecule has 2 unspecified atom stereocenters. The molecule has 0 aromatic heterocycles. The molecular formula is C20H18Cl3N3. The van der Waals surface area contributed by atoms with Crippen molar-refractivity contribution < 1.29 is 0 Å². The molecule has 2 aromatic carbocycles. The average molecular weight is 407 g/mol. The highest BCUT2D eigenvalue weighted by Crippen LogP contribution is 2.44. The summed E-state index contributed by atoms with van der Waals surface area (Å²) in [5.41, 5.74) is 11.4. The maximum Gasteiger partial charge on any atom is 0.0612 e. The zero-order valence-electron chi connectivity index (χ0n) is 13.9. The fraction of sp³-hybridized carbons (Fsp3) is 0.200. The van der Waals surface area contributed by atoms with Crippen molar-refractivity contribution in [2.75, 3.05) is 17.2 Å². The number of benzene rings is 2. The minimum Gasteiger partial charge on any atom is -0.377 e. The summed E-state index contributed by atoms with van der Waals surface area (Å²) in [5.74, 6) is 0.209. The van der Waals surface area contributed by atoms with Crippen molar-refractivity contribution in [1.29, 1.82) is 0 Å². The first-order valence-corrected chi connectivity index (χ1v) is 9.59. The summed E-state index contributed by atoms with van der Waals surface area (Å²) in [6.07, 6.45) is 5.22. The fourth-order valence-electron chi connectivity index (χ4n) is 3.63. The van der Waals surface area contributed by atoms with Crippen molar-refractivity contribution in [2.45, 2.75) is 18.4 Å². The Balaban J connectivity index is 1.69. The Bertz CT molecular complexity index is 921. The van der Waals surface area contributed by atoms with Gasteiger partial charge in [0.15, 0.2) is 0 Å². The van der Waals surface area contributed by atoms with Crippen molar-refractivity contribution in [3.63, 3.8) is 0 Å². The highest BCUT2D eigenvalue weighted by Gasteiger charge is 2.35. The fourth-order valence-corrected chi connectivity index (χ4v) is 4.11. The van der Waals surface area contributed by atoms with Crippen LogP contribution in [0, 0.1) is 0 Å². The minimum atomic E-state index is 0.209. The number of hydrogen-bond acceptors (Lipinski definition) is 3. The molecule has 26 heavy (non-hydrogen) atoms. The number of anilines is 2. The molecule has 0 radical (unpaired) electrons. The average Bonchev–Trinajstić information content (AvgIpc) is 2.97. The van der Waals surface area contributed by atoms with Crippen LogP contribution < -0.4 is 16.4 Å². The van der Waals surface area contributed by atoms with Crippen LogP contribution in [-0.2, 0) is 0 Å². The second kappa shape index (κ2) is 7.16. The molecule has 0 saturated carbocycles. The summed E-state index contributed by atoms with van der Waals surface area (Å²) in [7, 11) is 0. The van der Waals surface area contributed by atoms with Gasteiger partial charge in [0.25, 0.3) is 0 Å². The van der Waals surface area contributed by atoms with E-state index in [9.17, 15) is 0 Å². The number of halogens is 3. The van der Waals surface area contributed by atoms with Gasteiger partial charge in [-0.15, -0.1) is 0 Å². The van der Waals surface area contributed by atoms with Gasteiger partial charge in [-0.1, -0.05) is 40.9 Å². The molecule has 3 nitrogen and oxygen atoms in total. The molecule has 4 rings (SSSR count). The molecule has 2 aromatic rings. The first-order chi connectivity index (χ1) is 12.5. The van der Waals surface area contributed by atoms with Gasteiger partial charge in [-0.05, 0) is 66.6 Å². The summed E-state index contributed by atoms with van der Waals surface area (Å²) in [4.78, 5) is 0. The van der Waals surface area contributed by atoms with E-state index in [1.54, 1.807) is 6.07 Å². The topological polar surface area (TPSA) is 50.1 Å². The molecule has 6 heteroatoms. The Labute approximate surface area is 167 Å². The maximum atomic E-state index is 6.22. The lowest BCUT2D eigenvalue weighted by atomic mass is 9.84. The Morgan fingerprint density at radius 2 is 1.88 bits per heavy atom. The van der Waals surface area contributed by atoms with E-state index in [4.69, 9.17) is 40.5 Å². The molecule has 0 fully saturated rings. The third-order valence-electron chi connectivity index (χ3n) is 4.78. The number of hydrogen-bond donors (Lipinski definition) is 3. The van der Waals surface area contributed by atoms with Crippen LogP contribution in [0.5, 0.6) is 0 Å². The van der Waals surface area contributed by atoms with Gasteiger partial charge in [0.05, 0.1) is 16.1 Å². The summed E-state index contributed by atoms with van der Waals surface area (Å²) >= 11 is 18.4. The second-order valence-electron chi connectivity index (χ2n) is 6.51. The predicted molar refractivity (Wildman–Crippen MR) is 112 cm³/mol. The van der Waals surface area contributed by atoms with Crippen LogP contribution in [0.3, 0.4) is 0 Å². The van der Waals surface area contributed by atoms with Crippen LogP contribution in [0.1, 0.15) is 17.9 Å². The Hall–Kier alpha value is -1.65. The van der Waals surface area contributed by atoms with Gasteiger partial charge in [-0.3, -0.25) is 0 Å². The first kappa shape index (κ1) is 17.7. The van der Waals surface area contributed by atoms with Crippen molar-refractivity contribution >= 4 is 46.2 Å². The molecule has 0 amide bonds. The lowest BCUT2D eigenvalue weighted by Gasteiger charge is -2.27. The third-order valence-corrected chi connectivity index (χ3v) is 5.76. The molecule has 0 bridgehead atoms. The summed E-state index contributed by atoms with van der Waals surface area (Å²) in [5, 5.41) is 8.85. The van der Waals surface area contributed by atoms with Gasteiger partial charge in [0.1, 0.15) is 0 Å². The Morgan fingerprint density at radius 3 is 2.65 bits per heavy atom. The molecule has 2 atom stereocenters. The van der Waals surface area contributed by atoms with E-state index < -0.39 is 0 Å². The van der Waals surface area contributed by atoms with Crippen LogP contribution in [0.25, 0.3) is 0 Å². The highest BCUT2D eigenvalue weighted by atomic mass is 35.5. The maximum absolute atomic E-state index is 6.22.